The van der Waals surface area contributed by atoms with E-state index in [1.807, 2.05) is 24.3 Å². The first-order valence-corrected chi connectivity index (χ1v) is 6.71. The number of rotatable bonds is 3. The van der Waals surface area contributed by atoms with Crippen molar-refractivity contribution in [3.63, 3.8) is 0 Å². The molecule has 0 aliphatic heterocycles. The minimum atomic E-state index is 0.793. The van der Waals surface area contributed by atoms with Crippen LogP contribution < -0.4 is 10.1 Å². The Bertz CT molecular complexity index is 724. The number of nitrogens with one attached hydrogen (secondary N) is 1. The molecule has 0 unspecified atom stereocenters. The zero-order chi connectivity index (χ0) is 13.2. The summed E-state index contributed by atoms with van der Waals surface area (Å²) < 4.78 is 5.33. The van der Waals surface area contributed by atoms with Gasteiger partial charge in [0, 0.05) is 4.88 Å². The molecule has 2 heterocycles. The number of nitrogens with zero attached hydrogens (tertiary/aromatic N) is 2. The number of para-hydroxylation sites is 2. The summed E-state index contributed by atoms with van der Waals surface area (Å²) in [5, 5.41) is 4.35. The van der Waals surface area contributed by atoms with Crippen molar-refractivity contribution < 1.29 is 4.74 Å². The number of thiophene rings is 1. The van der Waals surface area contributed by atoms with Gasteiger partial charge in [-0.2, -0.15) is 0 Å². The molecule has 0 saturated heterocycles. The lowest BCUT2D eigenvalue weighted by Gasteiger charge is -2.10. The van der Waals surface area contributed by atoms with Crippen LogP contribution in [0.25, 0.3) is 10.2 Å². The Morgan fingerprint density at radius 2 is 2.05 bits per heavy atom. The molecule has 0 atom stereocenters. The summed E-state index contributed by atoms with van der Waals surface area (Å²) in [6, 6.07) is 9.87. The maximum atomic E-state index is 5.33. The Balaban J connectivity index is 2.05. The number of fused-ring (bicyclic) bond motifs is 1. The van der Waals surface area contributed by atoms with Crippen molar-refractivity contribution >= 4 is 33.1 Å². The fourth-order valence-corrected chi connectivity index (χ4v) is 2.80. The average Bonchev–Trinajstić information content (AvgIpc) is 2.81. The summed E-state index contributed by atoms with van der Waals surface area (Å²) in [5.74, 6) is 1.60. The lowest BCUT2D eigenvalue weighted by molar-refractivity contribution is 0.417. The van der Waals surface area contributed by atoms with Gasteiger partial charge in [-0.3, -0.25) is 0 Å². The first kappa shape index (κ1) is 11.9. The van der Waals surface area contributed by atoms with Crippen LogP contribution in [0.15, 0.2) is 36.7 Å². The van der Waals surface area contributed by atoms with Crippen LogP contribution in [0.1, 0.15) is 4.88 Å². The monoisotopic (exact) mass is 271 g/mol. The zero-order valence-electron chi connectivity index (χ0n) is 10.7. The standard InChI is InChI=1S/C14H13N3OS/c1-9-7-10-13(15-8-16-14(10)19-9)17-11-5-3-4-6-12(11)18-2/h3-8H,1-2H3,(H,15,16,17). The molecule has 3 rings (SSSR count). The maximum absolute atomic E-state index is 5.33. The van der Waals surface area contributed by atoms with Crippen LogP contribution in [0.2, 0.25) is 0 Å². The third kappa shape index (κ3) is 2.24. The van der Waals surface area contributed by atoms with Crippen molar-refractivity contribution in [3.05, 3.63) is 41.5 Å². The Kier molecular flexibility index (Phi) is 3.05. The number of hydrogen-bond acceptors (Lipinski definition) is 5. The predicted octanol–water partition coefficient (Wildman–Crippen LogP) is 3.75. The van der Waals surface area contributed by atoms with Crippen LogP contribution in [-0.2, 0) is 0 Å². The number of ether oxygens (including phenoxy) is 1. The van der Waals surface area contributed by atoms with Crippen LogP contribution in [0.4, 0.5) is 11.5 Å². The maximum Gasteiger partial charge on any atom is 0.142 e. The van der Waals surface area contributed by atoms with Gasteiger partial charge in [0.05, 0.1) is 18.2 Å². The Hall–Kier alpha value is -2.14. The highest BCUT2D eigenvalue weighted by Gasteiger charge is 2.09. The summed E-state index contributed by atoms with van der Waals surface area (Å²) in [7, 11) is 1.66. The molecule has 2 aromatic heterocycles. The van der Waals surface area contributed by atoms with Gasteiger partial charge in [0.1, 0.15) is 22.7 Å². The van der Waals surface area contributed by atoms with E-state index in [1.165, 1.54) is 4.88 Å². The normalized spacial score (nSPS) is 10.6. The van der Waals surface area contributed by atoms with Gasteiger partial charge in [0.25, 0.3) is 0 Å². The molecule has 19 heavy (non-hydrogen) atoms. The highest BCUT2D eigenvalue weighted by atomic mass is 32.1. The molecule has 0 fully saturated rings. The minimum absolute atomic E-state index is 0.793. The third-order valence-corrected chi connectivity index (χ3v) is 3.77. The molecule has 0 spiro atoms. The van der Waals surface area contributed by atoms with Crippen molar-refractivity contribution in [1.82, 2.24) is 9.97 Å². The second-order valence-electron chi connectivity index (χ2n) is 4.12. The summed E-state index contributed by atoms with van der Waals surface area (Å²) in [6.45, 7) is 2.07. The zero-order valence-corrected chi connectivity index (χ0v) is 11.5. The molecule has 0 bridgehead atoms. The average molecular weight is 271 g/mol. The topological polar surface area (TPSA) is 47.0 Å². The minimum Gasteiger partial charge on any atom is -0.495 e. The van der Waals surface area contributed by atoms with Gasteiger partial charge in [-0.05, 0) is 25.1 Å². The number of aryl methyl sites for hydroxylation is 1. The number of methoxy groups -OCH3 is 1. The Morgan fingerprint density at radius 3 is 2.89 bits per heavy atom. The number of aromatic nitrogens is 2. The number of hydrogen-bond donors (Lipinski definition) is 1. The first-order valence-electron chi connectivity index (χ1n) is 5.89. The predicted molar refractivity (Wildman–Crippen MR) is 78.4 cm³/mol. The van der Waals surface area contributed by atoms with Crippen LogP contribution in [0.3, 0.4) is 0 Å². The summed E-state index contributed by atoms with van der Waals surface area (Å²) in [5.41, 5.74) is 0.897. The van der Waals surface area contributed by atoms with E-state index in [0.29, 0.717) is 0 Å². The van der Waals surface area contributed by atoms with E-state index in [0.717, 1.165) is 27.5 Å². The molecule has 1 aromatic carbocycles. The van der Waals surface area contributed by atoms with Gasteiger partial charge in [0.2, 0.25) is 0 Å². The van der Waals surface area contributed by atoms with E-state index in [1.54, 1.807) is 24.8 Å². The quantitative estimate of drug-likeness (QED) is 0.788. The van der Waals surface area contributed by atoms with E-state index in [9.17, 15) is 0 Å². The van der Waals surface area contributed by atoms with Gasteiger partial charge in [-0.25, -0.2) is 9.97 Å². The van der Waals surface area contributed by atoms with Crippen molar-refractivity contribution in [2.75, 3.05) is 12.4 Å². The SMILES string of the molecule is COc1ccccc1Nc1ncnc2sc(C)cc12. The van der Waals surface area contributed by atoms with E-state index in [2.05, 4.69) is 28.3 Å². The number of anilines is 2. The smallest absolute Gasteiger partial charge is 0.142 e. The molecule has 4 nitrogen and oxygen atoms in total. The molecule has 0 amide bonds. The van der Waals surface area contributed by atoms with E-state index >= 15 is 0 Å². The van der Waals surface area contributed by atoms with E-state index in [4.69, 9.17) is 4.74 Å². The second-order valence-corrected chi connectivity index (χ2v) is 5.36. The van der Waals surface area contributed by atoms with Crippen molar-refractivity contribution in [3.8, 4) is 5.75 Å². The lowest BCUT2D eigenvalue weighted by atomic mass is 10.2. The second kappa shape index (κ2) is 4.85. The summed E-state index contributed by atoms with van der Waals surface area (Å²) in [6.07, 6.45) is 1.58. The highest BCUT2D eigenvalue weighted by molar-refractivity contribution is 7.18. The highest BCUT2D eigenvalue weighted by Crippen LogP contribution is 2.32. The molecule has 0 radical (unpaired) electrons. The van der Waals surface area contributed by atoms with Gasteiger partial charge in [0.15, 0.2) is 0 Å². The van der Waals surface area contributed by atoms with Gasteiger partial charge < -0.3 is 10.1 Å². The van der Waals surface area contributed by atoms with Gasteiger partial charge in [-0.15, -0.1) is 11.3 Å². The molecular weight excluding hydrogens is 258 g/mol. The fourth-order valence-electron chi connectivity index (χ4n) is 1.95. The lowest BCUT2D eigenvalue weighted by Crippen LogP contribution is -1.97. The Morgan fingerprint density at radius 1 is 1.21 bits per heavy atom. The van der Waals surface area contributed by atoms with Crippen LogP contribution in [0, 0.1) is 6.92 Å². The molecule has 0 saturated carbocycles. The Labute approximate surface area is 115 Å². The van der Waals surface area contributed by atoms with Gasteiger partial charge >= 0.3 is 0 Å². The molecule has 96 valence electrons. The van der Waals surface area contributed by atoms with Gasteiger partial charge in [-0.1, -0.05) is 12.1 Å². The molecule has 1 N–H and O–H groups in total. The third-order valence-electron chi connectivity index (χ3n) is 2.81. The van der Waals surface area contributed by atoms with E-state index < -0.39 is 0 Å². The number of benzene rings is 1. The summed E-state index contributed by atoms with van der Waals surface area (Å²) in [4.78, 5) is 10.8. The van der Waals surface area contributed by atoms with Crippen molar-refractivity contribution in [1.29, 1.82) is 0 Å². The van der Waals surface area contributed by atoms with Crippen LogP contribution in [0.5, 0.6) is 5.75 Å². The largest absolute Gasteiger partial charge is 0.495 e. The van der Waals surface area contributed by atoms with Crippen LogP contribution >= 0.6 is 11.3 Å². The molecular formula is C14H13N3OS. The molecule has 3 aromatic rings. The molecule has 0 aliphatic carbocycles. The van der Waals surface area contributed by atoms with Crippen LogP contribution in [-0.4, -0.2) is 17.1 Å². The molecule has 5 heteroatoms. The fraction of sp³-hybridized carbons (Fsp3) is 0.143. The van der Waals surface area contributed by atoms with Crippen molar-refractivity contribution in [2.45, 2.75) is 6.92 Å². The van der Waals surface area contributed by atoms with Crippen molar-refractivity contribution in [2.24, 2.45) is 0 Å². The first-order chi connectivity index (χ1) is 9.28. The van der Waals surface area contributed by atoms with E-state index in [-0.39, 0.29) is 0 Å². The molecule has 0 aliphatic rings. The summed E-state index contributed by atoms with van der Waals surface area (Å²) >= 11 is 1.66.